The molecular weight excluding hydrogens is 326 g/mol. The zero-order valence-electron chi connectivity index (χ0n) is 11.9. The minimum atomic E-state index is -0.498. The maximum absolute atomic E-state index is 10.2. The van der Waals surface area contributed by atoms with Gasteiger partial charge in [0.2, 0.25) is 0 Å². The summed E-state index contributed by atoms with van der Waals surface area (Å²) in [6.07, 6.45) is 0.212. The van der Waals surface area contributed by atoms with Crippen LogP contribution in [-0.2, 0) is 0 Å². The molecule has 1 aromatic rings. The summed E-state index contributed by atoms with van der Waals surface area (Å²) in [5.41, 5.74) is 0.811. The largest absolute Gasteiger partial charge is 0.388 e. The van der Waals surface area contributed by atoms with Gasteiger partial charge in [0.25, 0.3) is 0 Å². The molecule has 1 N–H and O–H groups in total. The van der Waals surface area contributed by atoms with Gasteiger partial charge in [-0.3, -0.25) is 0 Å². The van der Waals surface area contributed by atoms with Crippen molar-refractivity contribution in [3.05, 3.63) is 33.3 Å². The summed E-state index contributed by atoms with van der Waals surface area (Å²) in [5, 5.41) is 10.9. The van der Waals surface area contributed by atoms with Crippen molar-refractivity contribution >= 4 is 27.5 Å². The minimum absolute atomic E-state index is 0.498. The first kappa shape index (κ1) is 17.0. The van der Waals surface area contributed by atoms with E-state index in [1.807, 2.05) is 18.2 Å². The molecule has 1 rings (SSSR count). The van der Waals surface area contributed by atoms with Crippen LogP contribution >= 0.6 is 27.5 Å². The molecule has 108 valence electrons. The number of hydrogen-bond donors (Lipinski definition) is 1. The van der Waals surface area contributed by atoms with E-state index in [1.165, 1.54) is 0 Å². The Hall–Kier alpha value is -0.0900. The number of aliphatic hydroxyl groups is 1. The molecule has 0 aliphatic heterocycles. The highest BCUT2D eigenvalue weighted by atomic mass is 79.9. The molecular formula is C15H23BrClNO. The highest BCUT2D eigenvalue weighted by Gasteiger charge is 2.14. The van der Waals surface area contributed by atoms with Gasteiger partial charge in [-0.25, -0.2) is 0 Å². The molecule has 0 aliphatic rings. The van der Waals surface area contributed by atoms with E-state index in [0.29, 0.717) is 17.4 Å². The van der Waals surface area contributed by atoms with Gasteiger partial charge >= 0.3 is 0 Å². The van der Waals surface area contributed by atoms with Crippen LogP contribution in [-0.4, -0.2) is 29.6 Å². The monoisotopic (exact) mass is 347 g/mol. The van der Waals surface area contributed by atoms with Crippen LogP contribution in [0.25, 0.3) is 0 Å². The fourth-order valence-electron chi connectivity index (χ4n) is 2.13. The predicted octanol–water partition coefficient (Wildman–Crippen LogP) is 4.50. The lowest BCUT2D eigenvalue weighted by atomic mass is 10.1. The minimum Gasteiger partial charge on any atom is -0.388 e. The van der Waals surface area contributed by atoms with E-state index in [-0.39, 0.29) is 0 Å². The number of nitrogens with zero attached hydrogens (tertiary/aromatic N) is 1. The molecule has 1 atom stereocenters. The van der Waals surface area contributed by atoms with Crippen molar-refractivity contribution in [1.82, 2.24) is 4.90 Å². The molecule has 1 unspecified atom stereocenters. The van der Waals surface area contributed by atoms with Crippen LogP contribution in [0.4, 0.5) is 0 Å². The van der Waals surface area contributed by atoms with Crippen molar-refractivity contribution in [2.24, 2.45) is 5.92 Å². The Morgan fingerprint density at radius 2 is 2.05 bits per heavy atom. The van der Waals surface area contributed by atoms with E-state index in [0.717, 1.165) is 29.7 Å². The second-order valence-corrected chi connectivity index (χ2v) is 6.58. The molecule has 0 heterocycles. The maximum Gasteiger partial charge on any atom is 0.0816 e. The summed E-state index contributed by atoms with van der Waals surface area (Å²) in [6.45, 7) is 9.55. The van der Waals surface area contributed by atoms with Gasteiger partial charge in [0, 0.05) is 22.6 Å². The van der Waals surface area contributed by atoms with Crippen molar-refractivity contribution in [2.45, 2.75) is 33.3 Å². The third-order valence-electron chi connectivity index (χ3n) is 3.11. The Bertz CT molecular complexity index is 398. The maximum atomic E-state index is 10.2. The number of aliphatic hydroxyl groups excluding tert-OH is 1. The van der Waals surface area contributed by atoms with Gasteiger partial charge in [0.15, 0.2) is 0 Å². The first-order chi connectivity index (χ1) is 8.93. The quantitative estimate of drug-likeness (QED) is 0.784. The first-order valence-corrected chi connectivity index (χ1v) is 7.96. The molecule has 0 amide bonds. The van der Waals surface area contributed by atoms with Crippen molar-refractivity contribution in [3.8, 4) is 0 Å². The topological polar surface area (TPSA) is 23.5 Å². The second-order valence-electron chi connectivity index (χ2n) is 5.26. The lowest BCUT2D eigenvalue weighted by molar-refractivity contribution is 0.139. The normalized spacial score (nSPS) is 13.3. The Morgan fingerprint density at radius 1 is 1.37 bits per heavy atom. The number of halogens is 2. The van der Waals surface area contributed by atoms with Crippen LogP contribution in [0.3, 0.4) is 0 Å². The smallest absolute Gasteiger partial charge is 0.0816 e. The molecule has 19 heavy (non-hydrogen) atoms. The molecule has 1 aromatic carbocycles. The van der Waals surface area contributed by atoms with Crippen LogP contribution in [0.2, 0.25) is 5.02 Å². The van der Waals surface area contributed by atoms with E-state index in [2.05, 4.69) is 41.6 Å². The zero-order valence-corrected chi connectivity index (χ0v) is 14.2. The van der Waals surface area contributed by atoms with E-state index in [4.69, 9.17) is 11.6 Å². The third kappa shape index (κ3) is 5.82. The van der Waals surface area contributed by atoms with E-state index in [9.17, 15) is 5.11 Å². The first-order valence-electron chi connectivity index (χ1n) is 6.79. The summed E-state index contributed by atoms with van der Waals surface area (Å²) in [4.78, 5) is 2.36. The summed E-state index contributed by atoms with van der Waals surface area (Å²) < 4.78 is 0.934. The highest BCUT2D eigenvalue weighted by molar-refractivity contribution is 9.10. The molecule has 0 saturated carbocycles. The predicted molar refractivity (Wildman–Crippen MR) is 85.7 cm³/mol. The van der Waals surface area contributed by atoms with Gasteiger partial charge in [0.05, 0.1) is 6.10 Å². The number of benzene rings is 1. The van der Waals surface area contributed by atoms with Gasteiger partial charge in [-0.1, -0.05) is 54.4 Å². The van der Waals surface area contributed by atoms with E-state index in [1.54, 1.807) is 0 Å². The van der Waals surface area contributed by atoms with Crippen LogP contribution in [0.15, 0.2) is 22.7 Å². The summed E-state index contributed by atoms with van der Waals surface area (Å²) >= 11 is 9.53. The van der Waals surface area contributed by atoms with Crippen LogP contribution in [0.5, 0.6) is 0 Å². The van der Waals surface area contributed by atoms with Crippen molar-refractivity contribution in [1.29, 1.82) is 0 Å². The SMILES string of the molecule is CCN(CCC(O)c1ccc(Br)cc1Cl)CC(C)C. The van der Waals surface area contributed by atoms with Crippen LogP contribution < -0.4 is 0 Å². The van der Waals surface area contributed by atoms with Gasteiger partial charge in [0.1, 0.15) is 0 Å². The second kappa shape index (κ2) is 8.25. The van der Waals surface area contributed by atoms with E-state index < -0.39 is 6.10 Å². The average molecular weight is 349 g/mol. The lowest BCUT2D eigenvalue weighted by Crippen LogP contribution is -2.29. The average Bonchev–Trinajstić information content (AvgIpc) is 2.33. The number of hydrogen-bond acceptors (Lipinski definition) is 2. The van der Waals surface area contributed by atoms with Crippen LogP contribution in [0, 0.1) is 5.92 Å². The Labute approximate surface area is 129 Å². The molecule has 2 nitrogen and oxygen atoms in total. The molecule has 0 bridgehead atoms. The standard InChI is InChI=1S/C15H23BrClNO/c1-4-18(10-11(2)3)8-7-15(19)13-6-5-12(16)9-14(13)17/h5-6,9,11,15,19H,4,7-8,10H2,1-3H3. The Morgan fingerprint density at radius 3 is 2.58 bits per heavy atom. The van der Waals surface area contributed by atoms with Crippen LogP contribution in [0.1, 0.15) is 38.9 Å². The molecule has 0 aromatic heterocycles. The van der Waals surface area contributed by atoms with Gasteiger partial charge in [-0.2, -0.15) is 0 Å². The fraction of sp³-hybridized carbons (Fsp3) is 0.600. The Kier molecular flexibility index (Phi) is 7.37. The van der Waals surface area contributed by atoms with Gasteiger partial charge < -0.3 is 10.0 Å². The Balaban J connectivity index is 2.56. The van der Waals surface area contributed by atoms with Crippen molar-refractivity contribution in [2.75, 3.05) is 19.6 Å². The third-order valence-corrected chi connectivity index (χ3v) is 3.93. The van der Waals surface area contributed by atoms with Gasteiger partial charge in [-0.15, -0.1) is 0 Å². The summed E-state index contributed by atoms with van der Waals surface area (Å²) in [5.74, 6) is 0.647. The number of rotatable bonds is 7. The van der Waals surface area contributed by atoms with E-state index >= 15 is 0 Å². The van der Waals surface area contributed by atoms with Crippen molar-refractivity contribution < 1.29 is 5.11 Å². The summed E-state index contributed by atoms with van der Waals surface area (Å²) in [6, 6.07) is 5.62. The van der Waals surface area contributed by atoms with Crippen molar-refractivity contribution in [3.63, 3.8) is 0 Å². The molecule has 0 saturated heterocycles. The zero-order chi connectivity index (χ0) is 14.4. The molecule has 0 radical (unpaired) electrons. The molecule has 0 spiro atoms. The molecule has 0 aliphatic carbocycles. The molecule has 4 heteroatoms. The lowest BCUT2D eigenvalue weighted by Gasteiger charge is -2.24. The summed E-state index contributed by atoms with van der Waals surface area (Å²) in [7, 11) is 0. The molecule has 0 fully saturated rings. The fourth-order valence-corrected chi connectivity index (χ4v) is 2.93. The van der Waals surface area contributed by atoms with Gasteiger partial charge in [-0.05, 0) is 36.6 Å². The highest BCUT2D eigenvalue weighted by Crippen LogP contribution is 2.28.